The minimum absolute atomic E-state index is 0.0976. The van der Waals surface area contributed by atoms with Gasteiger partial charge in [0.2, 0.25) is 11.9 Å². The van der Waals surface area contributed by atoms with E-state index >= 15 is 0 Å². The van der Waals surface area contributed by atoms with Crippen LogP contribution in [0, 0.1) is 10.5 Å². The lowest BCUT2D eigenvalue weighted by Crippen LogP contribution is -2.39. The predicted molar refractivity (Wildman–Crippen MR) is 114 cm³/mol. The van der Waals surface area contributed by atoms with Crippen molar-refractivity contribution in [1.82, 2.24) is 19.9 Å². The number of benzene rings is 1. The van der Waals surface area contributed by atoms with Gasteiger partial charge in [0.15, 0.2) is 6.61 Å². The first kappa shape index (κ1) is 22.7. The number of anilines is 3. The van der Waals surface area contributed by atoms with Crippen LogP contribution >= 0.6 is 22.6 Å². The normalized spacial score (nSPS) is 15.1. The van der Waals surface area contributed by atoms with E-state index in [0.29, 0.717) is 19.8 Å². The molecule has 2 N–H and O–H groups in total. The second-order valence-corrected chi connectivity index (χ2v) is 7.88. The summed E-state index contributed by atoms with van der Waals surface area (Å²) >= 11 is 2.20. The van der Waals surface area contributed by atoms with Crippen LogP contribution in [0.3, 0.4) is 0 Å². The van der Waals surface area contributed by atoms with Crippen LogP contribution in [0.1, 0.15) is 5.56 Å². The molecule has 0 aliphatic carbocycles. The maximum absolute atomic E-state index is 12.5. The summed E-state index contributed by atoms with van der Waals surface area (Å²) in [5.41, 5.74) is 1.68. The molecule has 0 bridgehead atoms. The smallest absolute Gasteiger partial charge is 0.422 e. The van der Waals surface area contributed by atoms with Gasteiger partial charge in [-0.1, -0.05) is 0 Å². The Morgan fingerprint density at radius 3 is 2.60 bits per heavy atom. The third kappa shape index (κ3) is 7.40. The zero-order valence-electron chi connectivity index (χ0n) is 16.3. The fourth-order valence-electron chi connectivity index (χ4n) is 2.74. The van der Waals surface area contributed by atoms with Crippen molar-refractivity contribution in [3.8, 4) is 6.01 Å². The predicted octanol–water partition coefficient (Wildman–Crippen LogP) is 3.21. The first-order valence-corrected chi connectivity index (χ1v) is 10.4. The van der Waals surface area contributed by atoms with Crippen molar-refractivity contribution in [2.45, 2.75) is 13.1 Å². The number of ether oxygens (including phenoxy) is 2. The lowest BCUT2D eigenvalue weighted by atomic mass is 10.2. The molecule has 1 aromatic carbocycles. The molecule has 3 rings (SSSR count). The molecule has 1 fully saturated rings. The van der Waals surface area contributed by atoms with E-state index in [2.05, 4.69) is 53.1 Å². The van der Waals surface area contributed by atoms with Gasteiger partial charge >= 0.3 is 12.2 Å². The molecule has 1 aliphatic heterocycles. The Kier molecular flexibility index (Phi) is 7.88. The maximum Gasteiger partial charge on any atom is 0.422 e. The first-order chi connectivity index (χ1) is 14.3. The lowest BCUT2D eigenvalue weighted by Gasteiger charge is -2.26. The zero-order chi connectivity index (χ0) is 21.6. The summed E-state index contributed by atoms with van der Waals surface area (Å²) < 4.78 is 48.7. The molecule has 1 saturated heterocycles. The second-order valence-electron chi connectivity index (χ2n) is 6.63. The molecular formula is C18H22F3IN6O2. The quantitative estimate of drug-likeness (QED) is 0.496. The van der Waals surface area contributed by atoms with Gasteiger partial charge in [-0.2, -0.15) is 28.1 Å². The molecule has 0 atom stereocenters. The molecule has 164 valence electrons. The van der Waals surface area contributed by atoms with Gasteiger partial charge in [-0.25, -0.2) is 0 Å². The fraction of sp³-hybridized carbons (Fsp3) is 0.500. The van der Waals surface area contributed by atoms with Crippen LogP contribution in [-0.4, -0.2) is 72.0 Å². The molecule has 30 heavy (non-hydrogen) atoms. The molecule has 8 nitrogen and oxygen atoms in total. The van der Waals surface area contributed by atoms with Gasteiger partial charge in [0.05, 0.1) is 13.2 Å². The van der Waals surface area contributed by atoms with Gasteiger partial charge in [0.25, 0.3) is 0 Å². The van der Waals surface area contributed by atoms with Crippen LogP contribution < -0.4 is 15.4 Å². The number of nitrogens with zero attached hydrogens (tertiary/aromatic N) is 4. The van der Waals surface area contributed by atoms with E-state index in [1.54, 1.807) is 0 Å². The zero-order valence-corrected chi connectivity index (χ0v) is 18.5. The van der Waals surface area contributed by atoms with E-state index in [-0.39, 0.29) is 11.9 Å². The van der Waals surface area contributed by atoms with Gasteiger partial charge in [0, 0.05) is 35.4 Å². The van der Waals surface area contributed by atoms with Gasteiger partial charge in [-0.3, -0.25) is 4.90 Å². The Labute approximate surface area is 185 Å². The van der Waals surface area contributed by atoms with E-state index in [1.165, 1.54) is 0 Å². The summed E-state index contributed by atoms with van der Waals surface area (Å²) in [5.74, 6) is 0.237. The number of aryl methyl sites for hydroxylation is 1. The molecule has 12 heteroatoms. The average molecular weight is 538 g/mol. The maximum atomic E-state index is 12.5. The summed E-state index contributed by atoms with van der Waals surface area (Å²) in [7, 11) is 0. The summed E-state index contributed by atoms with van der Waals surface area (Å²) in [6.07, 6.45) is -4.49. The van der Waals surface area contributed by atoms with Crippen molar-refractivity contribution in [3.63, 3.8) is 0 Å². The van der Waals surface area contributed by atoms with Crippen molar-refractivity contribution < 1.29 is 22.6 Å². The van der Waals surface area contributed by atoms with E-state index in [0.717, 1.165) is 34.5 Å². The fourth-order valence-corrected chi connectivity index (χ4v) is 3.39. The SMILES string of the molecule is Cc1cc(I)ccc1Nc1nc(NCCN2CCOCC2)nc(OCC(F)(F)F)n1. The topological polar surface area (TPSA) is 84.4 Å². The van der Waals surface area contributed by atoms with E-state index in [9.17, 15) is 13.2 Å². The minimum atomic E-state index is -4.49. The van der Waals surface area contributed by atoms with Crippen molar-refractivity contribution in [2.24, 2.45) is 0 Å². The standard InChI is InChI=1S/C18H22F3IN6O2/c1-12-10-13(22)2-3-14(12)24-16-25-15(23-4-5-28-6-8-29-9-7-28)26-17(27-16)30-11-18(19,20)21/h2-3,10H,4-9,11H2,1H3,(H2,23,24,25,26,27). The number of aromatic nitrogens is 3. The van der Waals surface area contributed by atoms with Crippen LogP contribution in [-0.2, 0) is 4.74 Å². The minimum Gasteiger partial charge on any atom is -0.454 e. The van der Waals surface area contributed by atoms with Crippen molar-refractivity contribution >= 4 is 40.2 Å². The number of halogens is 4. The highest BCUT2D eigenvalue weighted by atomic mass is 127. The number of hydrogen-bond acceptors (Lipinski definition) is 8. The molecule has 0 saturated carbocycles. The van der Waals surface area contributed by atoms with Crippen molar-refractivity contribution in [1.29, 1.82) is 0 Å². The molecule has 1 aliphatic rings. The molecule has 2 heterocycles. The highest BCUT2D eigenvalue weighted by molar-refractivity contribution is 14.1. The number of nitrogens with one attached hydrogen (secondary N) is 2. The van der Waals surface area contributed by atoms with Crippen LogP contribution in [0.4, 0.5) is 30.8 Å². The first-order valence-electron chi connectivity index (χ1n) is 9.31. The number of rotatable bonds is 8. The van der Waals surface area contributed by atoms with Crippen molar-refractivity contribution in [3.05, 3.63) is 27.3 Å². The molecule has 2 aromatic rings. The third-order valence-corrected chi connectivity index (χ3v) is 4.90. The van der Waals surface area contributed by atoms with Crippen LogP contribution in [0.25, 0.3) is 0 Å². The Morgan fingerprint density at radius 1 is 1.17 bits per heavy atom. The number of morpholine rings is 1. The summed E-state index contributed by atoms with van der Waals surface area (Å²) in [6, 6.07) is 5.32. The van der Waals surface area contributed by atoms with Gasteiger partial charge in [0.1, 0.15) is 0 Å². The van der Waals surface area contributed by atoms with E-state index in [1.807, 2.05) is 25.1 Å². The van der Waals surface area contributed by atoms with E-state index < -0.39 is 18.8 Å². The Bertz CT molecular complexity index is 849. The van der Waals surface area contributed by atoms with Gasteiger partial charge < -0.3 is 20.1 Å². The molecule has 0 amide bonds. The van der Waals surface area contributed by atoms with E-state index in [4.69, 9.17) is 9.47 Å². The van der Waals surface area contributed by atoms with Crippen molar-refractivity contribution in [2.75, 3.05) is 56.6 Å². The lowest BCUT2D eigenvalue weighted by molar-refractivity contribution is -0.154. The largest absolute Gasteiger partial charge is 0.454 e. The van der Waals surface area contributed by atoms with Gasteiger partial charge in [-0.15, -0.1) is 0 Å². The molecule has 0 spiro atoms. The second kappa shape index (κ2) is 10.4. The third-order valence-electron chi connectivity index (χ3n) is 4.23. The van der Waals surface area contributed by atoms with Crippen LogP contribution in [0.15, 0.2) is 18.2 Å². The number of hydrogen-bond donors (Lipinski definition) is 2. The highest BCUT2D eigenvalue weighted by Gasteiger charge is 2.29. The Hall–Kier alpha value is -1.93. The Balaban J connectivity index is 1.71. The summed E-state index contributed by atoms with van der Waals surface area (Å²) in [6.45, 7) is 4.71. The highest BCUT2D eigenvalue weighted by Crippen LogP contribution is 2.23. The number of alkyl halides is 3. The van der Waals surface area contributed by atoms with Gasteiger partial charge in [-0.05, 0) is 53.3 Å². The van der Waals surface area contributed by atoms with Crippen LogP contribution in [0.5, 0.6) is 6.01 Å². The molecular weight excluding hydrogens is 516 g/mol. The Morgan fingerprint density at radius 2 is 1.90 bits per heavy atom. The molecule has 0 radical (unpaired) electrons. The van der Waals surface area contributed by atoms with Crippen LogP contribution in [0.2, 0.25) is 0 Å². The molecule has 1 aromatic heterocycles. The summed E-state index contributed by atoms with van der Waals surface area (Å²) in [5, 5.41) is 6.06. The molecule has 0 unspecified atom stereocenters. The summed E-state index contributed by atoms with van der Waals surface area (Å²) in [4.78, 5) is 14.4. The monoisotopic (exact) mass is 538 g/mol. The average Bonchev–Trinajstić information content (AvgIpc) is 2.69.